The minimum atomic E-state index is -1.09. The Labute approximate surface area is 134 Å². The van der Waals surface area contributed by atoms with E-state index in [0.29, 0.717) is 26.1 Å². The molecular weight excluding hydrogens is 301 g/mol. The van der Waals surface area contributed by atoms with Crippen LogP contribution in [0.5, 0.6) is 0 Å². The van der Waals surface area contributed by atoms with Crippen LogP contribution >= 0.6 is 0 Å². The van der Waals surface area contributed by atoms with Crippen molar-refractivity contribution < 1.29 is 23.8 Å². The van der Waals surface area contributed by atoms with Gasteiger partial charge in [-0.3, -0.25) is 9.59 Å². The maximum Gasteiger partial charge on any atom is 0.311 e. The van der Waals surface area contributed by atoms with Crippen LogP contribution in [0.4, 0.5) is 4.39 Å². The zero-order valence-electron chi connectivity index (χ0n) is 13.4. The third-order valence-corrected chi connectivity index (χ3v) is 4.61. The van der Waals surface area contributed by atoms with E-state index in [1.807, 2.05) is 0 Å². The quantitative estimate of drug-likeness (QED) is 0.870. The van der Waals surface area contributed by atoms with Crippen LogP contribution in [0.1, 0.15) is 32.3 Å². The molecule has 0 aliphatic carbocycles. The third kappa shape index (κ3) is 3.52. The number of nitrogens with one attached hydrogen (secondary N) is 1. The molecule has 2 rings (SSSR count). The van der Waals surface area contributed by atoms with Gasteiger partial charge in [0.15, 0.2) is 0 Å². The third-order valence-electron chi connectivity index (χ3n) is 4.61. The van der Waals surface area contributed by atoms with Crippen LogP contribution in [-0.4, -0.2) is 36.7 Å². The molecule has 1 saturated heterocycles. The molecule has 1 aromatic carbocycles. The molecule has 1 heterocycles. The van der Waals surface area contributed by atoms with E-state index in [2.05, 4.69) is 5.32 Å². The monoisotopic (exact) mass is 323 g/mol. The minimum Gasteiger partial charge on any atom is -0.481 e. The van der Waals surface area contributed by atoms with E-state index in [4.69, 9.17) is 4.74 Å². The van der Waals surface area contributed by atoms with Gasteiger partial charge < -0.3 is 15.2 Å². The Morgan fingerprint density at radius 1 is 1.30 bits per heavy atom. The lowest BCUT2D eigenvalue weighted by Crippen LogP contribution is -2.50. The first-order chi connectivity index (χ1) is 10.8. The molecule has 1 aliphatic heterocycles. The van der Waals surface area contributed by atoms with E-state index in [-0.39, 0.29) is 12.1 Å². The molecule has 6 heteroatoms. The van der Waals surface area contributed by atoms with E-state index in [1.165, 1.54) is 6.07 Å². The van der Waals surface area contributed by atoms with Gasteiger partial charge in [0.2, 0.25) is 5.91 Å². The first-order valence-electron chi connectivity index (χ1n) is 7.64. The minimum absolute atomic E-state index is 0.0163. The van der Waals surface area contributed by atoms with Crippen molar-refractivity contribution >= 4 is 11.9 Å². The molecule has 0 unspecified atom stereocenters. The van der Waals surface area contributed by atoms with Gasteiger partial charge in [0.25, 0.3) is 0 Å². The highest BCUT2D eigenvalue weighted by Crippen LogP contribution is 2.31. The molecule has 2 N–H and O–H groups in total. The van der Waals surface area contributed by atoms with E-state index < -0.39 is 28.5 Å². The molecule has 23 heavy (non-hydrogen) atoms. The second-order valence-electron chi connectivity index (χ2n) is 6.49. The van der Waals surface area contributed by atoms with Gasteiger partial charge >= 0.3 is 5.97 Å². The van der Waals surface area contributed by atoms with E-state index in [9.17, 15) is 19.1 Å². The number of hydrogen-bond donors (Lipinski definition) is 2. The highest BCUT2D eigenvalue weighted by Gasteiger charge is 2.42. The van der Waals surface area contributed by atoms with Gasteiger partial charge in [-0.2, -0.15) is 0 Å². The standard InChI is InChI=1S/C17H22FNO4/c1-16(2,12-5-3-4-6-13(12)18)14(20)19-11-17(15(21)22)7-9-23-10-8-17/h3-6H,7-11H2,1-2H3,(H,19,20)(H,21,22). The van der Waals surface area contributed by atoms with Crippen LogP contribution in [0.25, 0.3) is 0 Å². The Bertz CT molecular complexity index is 594. The molecule has 0 bridgehead atoms. The Hall–Kier alpha value is -1.95. The number of ether oxygens (including phenoxy) is 1. The Kier molecular flexibility index (Phi) is 5.04. The van der Waals surface area contributed by atoms with E-state index in [0.717, 1.165) is 0 Å². The highest BCUT2D eigenvalue weighted by atomic mass is 19.1. The fourth-order valence-electron chi connectivity index (χ4n) is 2.79. The molecule has 0 spiro atoms. The average molecular weight is 323 g/mol. The summed E-state index contributed by atoms with van der Waals surface area (Å²) >= 11 is 0. The smallest absolute Gasteiger partial charge is 0.311 e. The Balaban J connectivity index is 2.11. The summed E-state index contributed by atoms with van der Waals surface area (Å²) in [7, 11) is 0. The maximum atomic E-state index is 14.0. The van der Waals surface area contributed by atoms with Crippen LogP contribution in [-0.2, 0) is 19.7 Å². The number of carbonyl (C=O) groups is 2. The lowest BCUT2D eigenvalue weighted by molar-refractivity contribution is -0.154. The van der Waals surface area contributed by atoms with Crippen molar-refractivity contribution in [3.8, 4) is 0 Å². The van der Waals surface area contributed by atoms with Gasteiger partial charge in [-0.1, -0.05) is 18.2 Å². The van der Waals surface area contributed by atoms with Crippen molar-refractivity contribution in [2.24, 2.45) is 5.41 Å². The normalized spacial score (nSPS) is 17.5. The van der Waals surface area contributed by atoms with Crippen molar-refractivity contribution in [1.82, 2.24) is 5.32 Å². The highest BCUT2D eigenvalue weighted by molar-refractivity contribution is 5.88. The van der Waals surface area contributed by atoms with Gasteiger partial charge in [0.1, 0.15) is 5.82 Å². The zero-order valence-corrected chi connectivity index (χ0v) is 13.4. The molecule has 1 amide bonds. The van der Waals surface area contributed by atoms with Crippen molar-refractivity contribution in [3.05, 3.63) is 35.6 Å². The van der Waals surface area contributed by atoms with E-state index >= 15 is 0 Å². The lowest BCUT2D eigenvalue weighted by Gasteiger charge is -2.34. The van der Waals surface area contributed by atoms with Crippen LogP contribution in [0, 0.1) is 11.2 Å². The van der Waals surface area contributed by atoms with Crippen LogP contribution in [0.15, 0.2) is 24.3 Å². The van der Waals surface area contributed by atoms with Gasteiger partial charge in [-0.25, -0.2) is 4.39 Å². The predicted octanol–water partition coefficient (Wildman–Crippen LogP) is 2.10. The number of carbonyl (C=O) groups excluding carboxylic acids is 1. The number of rotatable bonds is 5. The summed E-state index contributed by atoms with van der Waals surface area (Å²) < 4.78 is 19.2. The first kappa shape index (κ1) is 17.4. The van der Waals surface area contributed by atoms with Crippen LogP contribution < -0.4 is 5.32 Å². The van der Waals surface area contributed by atoms with E-state index in [1.54, 1.807) is 32.0 Å². The summed E-state index contributed by atoms with van der Waals surface area (Å²) in [5, 5.41) is 12.2. The predicted molar refractivity (Wildman–Crippen MR) is 82.6 cm³/mol. The van der Waals surface area contributed by atoms with Gasteiger partial charge in [0, 0.05) is 25.3 Å². The van der Waals surface area contributed by atoms with Crippen molar-refractivity contribution in [3.63, 3.8) is 0 Å². The SMILES string of the molecule is CC(C)(C(=O)NCC1(C(=O)O)CCOCC1)c1ccccc1F. The fourth-order valence-corrected chi connectivity index (χ4v) is 2.79. The molecule has 0 radical (unpaired) electrons. The Morgan fingerprint density at radius 2 is 1.91 bits per heavy atom. The number of carboxylic acids is 1. The summed E-state index contributed by atoms with van der Waals surface area (Å²) in [6.45, 7) is 3.98. The van der Waals surface area contributed by atoms with Crippen molar-refractivity contribution in [2.75, 3.05) is 19.8 Å². The summed E-state index contributed by atoms with van der Waals surface area (Å²) in [5.41, 5.74) is -1.82. The molecule has 0 atom stereocenters. The molecule has 1 fully saturated rings. The average Bonchev–Trinajstić information content (AvgIpc) is 2.53. The summed E-state index contributed by atoms with van der Waals surface area (Å²) in [6.07, 6.45) is 0.700. The van der Waals surface area contributed by atoms with Gasteiger partial charge in [-0.15, -0.1) is 0 Å². The van der Waals surface area contributed by atoms with Crippen molar-refractivity contribution in [1.29, 1.82) is 0 Å². The fraction of sp³-hybridized carbons (Fsp3) is 0.529. The van der Waals surface area contributed by atoms with Crippen molar-refractivity contribution in [2.45, 2.75) is 32.1 Å². The Morgan fingerprint density at radius 3 is 2.48 bits per heavy atom. The molecule has 5 nitrogen and oxygen atoms in total. The summed E-state index contributed by atoms with van der Waals surface area (Å²) in [6, 6.07) is 6.11. The van der Waals surface area contributed by atoms with Gasteiger partial charge in [0.05, 0.1) is 10.8 Å². The largest absolute Gasteiger partial charge is 0.481 e. The first-order valence-corrected chi connectivity index (χ1v) is 7.64. The second-order valence-corrected chi connectivity index (χ2v) is 6.49. The summed E-state index contributed by atoms with van der Waals surface area (Å²) in [4.78, 5) is 24.1. The number of benzene rings is 1. The topological polar surface area (TPSA) is 75.6 Å². The number of halogens is 1. The summed E-state index contributed by atoms with van der Waals surface area (Å²) in [5.74, 6) is -1.79. The lowest BCUT2D eigenvalue weighted by atomic mass is 9.79. The maximum absolute atomic E-state index is 14.0. The van der Waals surface area contributed by atoms with Crippen LogP contribution in [0.3, 0.4) is 0 Å². The number of amides is 1. The molecule has 1 aliphatic rings. The zero-order chi connectivity index (χ0) is 17.1. The molecule has 1 aromatic rings. The molecular formula is C17H22FNO4. The molecule has 0 aromatic heterocycles. The number of carboxylic acid groups (broad SMARTS) is 1. The second kappa shape index (κ2) is 6.66. The molecule has 0 saturated carbocycles. The number of aliphatic carboxylic acids is 1. The van der Waals surface area contributed by atoms with Gasteiger partial charge in [-0.05, 0) is 32.8 Å². The number of hydrogen-bond acceptors (Lipinski definition) is 3. The van der Waals surface area contributed by atoms with Crippen LogP contribution in [0.2, 0.25) is 0 Å². The molecule has 126 valence electrons.